The number of pyridine rings is 1. The smallest absolute Gasteiger partial charge is 0.222 e. The van der Waals surface area contributed by atoms with Gasteiger partial charge in [0.1, 0.15) is 5.82 Å². The van der Waals surface area contributed by atoms with Gasteiger partial charge in [-0.3, -0.25) is 0 Å². The van der Waals surface area contributed by atoms with Crippen molar-refractivity contribution in [3.63, 3.8) is 0 Å². The first kappa shape index (κ1) is 15.5. The average Bonchev–Trinajstić information content (AvgIpc) is 2.96. The summed E-state index contributed by atoms with van der Waals surface area (Å²) in [6.07, 6.45) is 3.09. The molecule has 4 heterocycles. The van der Waals surface area contributed by atoms with Crippen LogP contribution in [0.1, 0.15) is 6.92 Å². The van der Waals surface area contributed by atoms with Crippen molar-refractivity contribution < 1.29 is 9.13 Å². The fraction of sp³-hybridized carbons (Fsp3) is 0.312. The molecule has 1 atom stereocenters. The third-order valence-electron chi connectivity index (χ3n) is 4.11. The summed E-state index contributed by atoms with van der Waals surface area (Å²) in [5.74, 6) is 0.246. The van der Waals surface area contributed by atoms with E-state index >= 15 is 0 Å². The maximum absolute atomic E-state index is 14.2. The van der Waals surface area contributed by atoms with Crippen molar-refractivity contribution in [1.29, 1.82) is 0 Å². The third kappa shape index (κ3) is 2.55. The molecule has 1 saturated heterocycles. The third-order valence-corrected chi connectivity index (χ3v) is 4.67. The number of aromatic nitrogens is 4. The summed E-state index contributed by atoms with van der Waals surface area (Å²) in [7, 11) is 0. The van der Waals surface area contributed by atoms with E-state index in [1.165, 1.54) is 6.20 Å². The molecule has 3 aromatic rings. The SMILES string of the molecule is CC1COCCN1c1cc(-c2cccnc2F)n2ncc(Br)c2n1. The van der Waals surface area contributed by atoms with E-state index in [0.717, 1.165) is 16.8 Å². The number of anilines is 1. The maximum atomic E-state index is 14.2. The highest BCUT2D eigenvalue weighted by atomic mass is 79.9. The maximum Gasteiger partial charge on any atom is 0.222 e. The molecule has 0 saturated carbocycles. The lowest BCUT2D eigenvalue weighted by Crippen LogP contribution is -2.44. The Kier molecular flexibility index (Phi) is 3.93. The van der Waals surface area contributed by atoms with Crippen LogP contribution >= 0.6 is 15.9 Å². The molecule has 0 aliphatic carbocycles. The van der Waals surface area contributed by atoms with E-state index in [2.05, 4.69) is 37.8 Å². The lowest BCUT2D eigenvalue weighted by molar-refractivity contribution is 0.0985. The van der Waals surface area contributed by atoms with E-state index in [-0.39, 0.29) is 6.04 Å². The predicted molar refractivity (Wildman–Crippen MR) is 91.5 cm³/mol. The Hall–Kier alpha value is -2.06. The Bertz CT molecular complexity index is 899. The van der Waals surface area contributed by atoms with E-state index in [4.69, 9.17) is 9.72 Å². The molecule has 0 aromatic carbocycles. The molecule has 0 radical (unpaired) electrons. The van der Waals surface area contributed by atoms with Crippen LogP contribution in [0.5, 0.6) is 0 Å². The predicted octanol–water partition coefficient (Wildman–Crippen LogP) is 2.92. The van der Waals surface area contributed by atoms with Gasteiger partial charge >= 0.3 is 0 Å². The van der Waals surface area contributed by atoms with Gasteiger partial charge in [0.15, 0.2) is 5.65 Å². The Morgan fingerprint density at radius 1 is 1.42 bits per heavy atom. The van der Waals surface area contributed by atoms with E-state index in [9.17, 15) is 4.39 Å². The lowest BCUT2D eigenvalue weighted by atomic mass is 10.1. The number of fused-ring (bicyclic) bond motifs is 1. The highest BCUT2D eigenvalue weighted by Crippen LogP contribution is 2.30. The van der Waals surface area contributed by atoms with Crippen molar-refractivity contribution >= 4 is 27.4 Å². The van der Waals surface area contributed by atoms with Crippen molar-refractivity contribution in [2.45, 2.75) is 13.0 Å². The lowest BCUT2D eigenvalue weighted by Gasteiger charge is -2.34. The van der Waals surface area contributed by atoms with E-state index < -0.39 is 5.95 Å². The van der Waals surface area contributed by atoms with Crippen LogP contribution in [0.2, 0.25) is 0 Å². The number of hydrogen-bond donors (Lipinski definition) is 0. The van der Waals surface area contributed by atoms with Crippen molar-refractivity contribution in [2.75, 3.05) is 24.7 Å². The molecule has 0 spiro atoms. The van der Waals surface area contributed by atoms with Crippen molar-refractivity contribution in [3.05, 3.63) is 41.0 Å². The van der Waals surface area contributed by atoms with E-state index in [0.29, 0.717) is 30.1 Å². The molecule has 1 unspecified atom stereocenters. The summed E-state index contributed by atoms with van der Waals surface area (Å²) < 4.78 is 22.1. The zero-order valence-corrected chi connectivity index (χ0v) is 14.6. The molecular formula is C16H15BrFN5O. The van der Waals surface area contributed by atoms with Crippen LogP contribution in [0.15, 0.2) is 35.1 Å². The molecule has 1 aliphatic rings. The van der Waals surface area contributed by atoms with Gasteiger partial charge in [-0.15, -0.1) is 0 Å². The quantitative estimate of drug-likeness (QED) is 0.628. The van der Waals surface area contributed by atoms with Crippen LogP contribution in [0.3, 0.4) is 0 Å². The van der Waals surface area contributed by atoms with Gasteiger partial charge in [0.2, 0.25) is 5.95 Å². The minimum absolute atomic E-state index is 0.196. The van der Waals surface area contributed by atoms with Crippen LogP contribution in [0.25, 0.3) is 16.9 Å². The minimum atomic E-state index is -0.530. The Morgan fingerprint density at radius 2 is 2.29 bits per heavy atom. The molecule has 124 valence electrons. The number of nitrogens with zero attached hydrogens (tertiary/aromatic N) is 5. The number of halogens is 2. The van der Waals surface area contributed by atoms with Gasteiger partial charge in [-0.05, 0) is 35.0 Å². The van der Waals surface area contributed by atoms with Gasteiger partial charge in [-0.25, -0.2) is 14.5 Å². The zero-order chi connectivity index (χ0) is 16.7. The number of morpholine rings is 1. The minimum Gasteiger partial charge on any atom is -0.377 e. The molecule has 1 fully saturated rings. The molecule has 0 N–H and O–H groups in total. The standard InChI is InChI=1S/C16H15BrFN5O/c1-10-9-24-6-5-22(10)14-7-13(11-3-2-4-19-15(11)18)23-16(21-14)12(17)8-20-23/h2-4,7-8,10H,5-6,9H2,1H3. The first-order chi connectivity index (χ1) is 11.6. The monoisotopic (exact) mass is 391 g/mol. The van der Waals surface area contributed by atoms with Gasteiger partial charge in [-0.1, -0.05) is 0 Å². The zero-order valence-electron chi connectivity index (χ0n) is 13.0. The van der Waals surface area contributed by atoms with Crippen LogP contribution in [-0.2, 0) is 4.74 Å². The first-order valence-corrected chi connectivity index (χ1v) is 8.44. The highest BCUT2D eigenvalue weighted by molar-refractivity contribution is 9.10. The van der Waals surface area contributed by atoms with Crippen molar-refractivity contribution in [3.8, 4) is 11.3 Å². The van der Waals surface area contributed by atoms with Gasteiger partial charge < -0.3 is 9.64 Å². The van der Waals surface area contributed by atoms with Gasteiger partial charge in [0.05, 0.1) is 41.2 Å². The molecule has 0 amide bonds. The molecule has 1 aliphatic heterocycles. The topological polar surface area (TPSA) is 55.5 Å². The number of rotatable bonds is 2. The largest absolute Gasteiger partial charge is 0.377 e. The Labute approximate surface area is 146 Å². The summed E-state index contributed by atoms with van der Waals surface area (Å²) in [6, 6.07) is 5.45. The second kappa shape index (κ2) is 6.10. The van der Waals surface area contributed by atoms with Gasteiger partial charge in [0.25, 0.3) is 0 Å². The van der Waals surface area contributed by atoms with Crippen LogP contribution in [-0.4, -0.2) is 45.4 Å². The number of hydrogen-bond acceptors (Lipinski definition) is 5. The molecular weight excluding hydrogens is 377 g/mol. The van der Waals surface area contributed by atoms with Crippen LogP contribution in [0.4, 0.5) is 10.2 Å². The average molecular weight is 392 g/mol. The molecule has 8 heteroatoms. The second-order valence-electron chi connectivity index (χ2n) is 5.69. The van der Waals surface area contributed by atoms with E-state index in [1.807, 2.05) is 6.07 Å². The fourth-order valence-corrected chi connectivity index (χ4v) is 3.26. The van der Waals surface area contributed by atoms with Crippen LogP contribution < -0.4 is 4.90 Å². The summed E-state index contributed by atoms with van der Waals surface area (Å²) >= 11 is 3.47. The molecule has 6 nitrogen and oxygen atoms in total. The van der Waals surface area contributed by atoms with Crippen molar-refractivity contribution in [1.82, 2.24) is 19.6 Å². The van der Waals surface area contributed by atoms with Gasteiger partial charge in [-0.2, -0.15) is 9.49 Å². The number of ether oxygens (including phenoxy) is 1. The molecule has 24 heavy (non-hydrogen) atoms. The molecule has 0 bridgehead atoms. The Morgan fingerprint density at radius 3 is 3.08 bits per heavy atom. The summed E-state index contributed by atoms with van der Waals surface area (Å²) in [6.45, 7) is 4.12. The summed E-state index contributed by atoms with van der Waals surface area (Å²) in [5, 5.41) is 4.31. The summed E-state index contributed by atoms with van der Waals surface area (Å²) in [4.78, 5) is 10.6. The summed E-state index contributed by atoms with van der Waals surface area (Å²) in [5.41, 5.74) is 1.65. The fourth-order valence-electron chi connectivity index (χ4n) is 2.91. The van der Waals surface area contributed by atoms with Gasteiger partial charge in [0, 0.05) is 18.8 Å². The van der Waals surface area contributed by atoms with Crippen LogP contribution in [0, 0.1) is 5.95 Å². The first-order valence-electron chi connectivity index (χ1n) is 7.64. The normalized spacial score (nSPS) is 18.3. The highest BCUT2D eigenvalue weighted by Gasteiger charge is 2.23. The second-order valence-corrected chi connectivity index (χ2v) is 6.54. The molecule has 4 rings (SSSR count). The molecule has 3 aromatic heterocycles. The van der Waals surface area contributed by atoms with E-state index in [1.54, 1.807) is 22.8 Å². The Balaban J connectivity index is 1.94. The van der Waals surface area contributed by atoms with Crippen molar-refractivity contribution in [2.24, 2.45) is 0 Å².